The van der Waals surface area contributed by atoms with Gasteiger partial charge in [0.2, 0.25) is 10.0 Å². The van der Waals surface area contributed by atoms with Gasteiger partial charge < -0.3 is 10.0 Å². The maximum absolute atomic E-state index is 12.3. The molecule has 0 saturated carbocycles. The molecule has 20 heavy (non-hydrogen) atoms. The number of primary sulfonamides is 1. The third kappa shape index (κ3) is 4.02. The van der Waals surface area contributed by atoms with E-state index in [0.29, 0.717) is 6.42 Å². The Kier molecular flexibility index (Phi) is 5.26. The van der Waals surface area contributed by atoms with Crippen LogP contribution >= 0.6 is 11.3 Å². The molecular weight excluding hydrogens is 304 g/mol. The standard InChI is InChI=1S/C11H16N2O5S2/c1-3-7(2)13(5-9(14)15)11(16)8-4-10(19-6-8)20(12,17)18/h4,6-7H,3,5H2,1-2H3,(H,14,15)(H2,12,17,18). The molecule has 1 heterocycles. The van der Waals surface area contributed by atoms with E-state index >= 15 is 0 Å². The summed E-state index contributed by atoms with van der Waals surface area (Å²) in [6, 6.07) is 0.899. The van der Waals surface area contributed by atoms with Gasteiger partial charge in [0, 0.05) is 11.4 Å². The van der Waals surface area contributed by atoms with Gasteiger partial charge in [-0.3, -0.25) is 9.59 Å². The van der Waals surface area contributed by atoms with Crippen LogP contribution in [0.25, 0.3) is 0 Å². The number of carbonyl (C=O) groups is 2. The number of carbonyl (C=O) groups excluding carboxylic acids is 1. The van der Waals surface area contributed by atoms with Crippen molar-refractivity contribution >= 4 is 33.2 Å². The lowest BCUT2D eigenvalue weighted by molar-refractivity contribution is -0.138. The molecule has 112 valence electrons. The van der Waals surface area contributed by atoms with E-state index in [1.807, 2.05) is 6.92 Å². The summed E-state index contributed by atoms with van der Waals surface area (Å²) in [6.07, 6.45) is 0.588. The predicted octanol–water partition coefficient (Wildman–Crippen LogP) is 0.721. The summed E-state index contributed by atoms with van der Waals surface area (Å²) in [7, 11) is -3.86. The van der Waals surface area contributed by atoms with Crippen LogP contribution < -0.4 is 5.14 Å². The van der Waals surface area contributed by atoms with Crippen LogP contribution in [-0.4, -0.2) is 42.9 Å². The molecule has 1 unspecified atom stereocenters. The lowest BCUT2D eigenvalue weighted by Crippen LogP contribution is -2.41. The first-order chi connectivity index (χ1) is 9.16. The summed E-state index contributed by atoms with van der Waals surface area (Å²) in [6.45, 7) is 3.12. The van der Waals surface area contributed by atoms with Gasteiger partial charge in [0.1, 0.15) is 10.8 Å². The number of rotatable bonds is 6. The molecule has 0 spiro atoms. The lowest BCUT2D eigenvalue weighted by atomic mass is 10.2. The minimum absolute atomic E-state index is 0.125. The number of nitrogens with two attached hydrogens (primary N) is 1. The van der Waals surface area contributed by atoms with Gasteiger partial charge in [0.25, 0.3) is 5.91 Å². The van der Waals surface area contributed by atoms with E-state index in [1.54, 1.807) is 6.92 Å². The minimum atomic E-state index is -3.86. The van der Waals surface area contributed by atoms with E-state index in [2.05, 4.69) is 0 Å². The van der Waals surface area contributed by atoms with Crippen molar-refractivity contribution in [1.82, 2.24) is 4.90 Å². The Labute approximate surface area is 121 Å². The van der Waals surface area contributed by atoms with Crippen LogP contribution in [0.15, 0.2) is 15.7 Å². The molecule has 1 aromatic rings. The number of carboxylic acid groups (broad SMARTS) is 1. The predicted molar refractivity (Wildman–Crippen MR) is 74.1 cm³/mol. The molecule has 0 aliphatic carbocycles. The zero-order chi connectivity index (χ0) is 15.5. The van der Waals surface area contributed by atoms with Gasteiger partial charge in [-0.15, -0.1) is 11.3 Å². The summed E-state index contributed by atoms with van der Waals surface area (Å²) in [5.41, 5.74) is 0.126. The number of amides is 1. The number of hydrogen-bond acceptors (Lipinski definition) is 5. The first-order valence-corrected chi connectivity index (χ1v) is 8.23. The molecule has 0 aliphatic rings. The van der Waals surface area contributed by atoms with Crippen LogP contribution in [0, 0.1) is 0 Å². The van der Waals surface area contributed by atoms with Crippen molar-refractivity contribution in [3.05, 3.63) is 17.0 Å². The molecule has 0 aliphatic heterocycles. The number of nitrogens with zero attached hydrogens (tertiary/aromatic N) is 1. The molecule has 1 amide bonds. The lowest BCUT2D eigenvalue weighted by Gasteiger charge is -2.26. The van der Waals surface area contributed by atoms with Crippen molar-refractivity contribution in [1.29, 1.82) is 0 Å². The van der Waals surface area contributed by atoms with Crippen molar-refractivity contribution in [3.63, 3.8) is 0 Å². The third-order valence-corrected chi connectivity index (χ3v) is 5.18. The summed E-state index contributed by atoms with van der Waals surface area (Å²) in [5.74, 6) is -1.64. The number of aliphatic carboxylic acids is 1. The zero-order valence-corrected chi connectivity index (χ0v) is 12.7. The molecular formula is C11H16N2O5S2. The second-order valence-corrected chi connectivity index (χ2v) is 6.98. The van der Waals surface area contributed by atoms with Gasteiger partial charge >= 0.3 is 5.97 Å². The first-order valence-electron chi connectivity index (χ1n) is 5.81. The number of thiophene rings is 1. The van der Waals surface area contributed by atoms with Crippen molar-refractivity contribution in [2.24, 2.45) is 5.14 Å². The normalized spacial score (nSPS) is 12.9. The Bertz CT molecular complexity index is 608. The average Bonchev–Trinajstić information content (AvgIpc) is 2.83. The SMILES string of the molecule is CCC(C)N(CC(=O)O)C(=O)c1csc(S(N)(=O)=O)c1. The van der Waals surface area contributed by atoms with Crippen molar-refractivity contribution in [2.75, 3.05) is 6.54 Å². The maximum Gasteiger partial charge on any atom is 0.323 e. The van der Waals surface area contributed by atoms with Crippen molar-refractivity contribution in [3.8, 4) is 0 Å². The van der Waals surface area contributed by atoms with Gasteiger partial charge in [-0.2, -0.15) is 0 Å². The number of carboxylic acids is 1. The van der Waals surface area contributed by atoms with E-state index in [9.17, 15) is 18.0 Å². The highest BCUT2D eigenvalue weighted by Gasteiger charge is 2.25. The molecule has 3 N–H and O–H groups in total. The van der Waals surface area contributed by atoms with Gasteiger partial charge in [-0.1, -0.05) is 6.92 Å². The highest BCUT2D eigenvalue weighted by molar-refractivity contribution is 7.91. The summed E-state index contributed by atoms with van der Waals surface area (Å²) in [5, 5.41) is 15.2. The quantitative estimate of drug-likeness (QED) is 0.800. The summed E-state index contributed by atoms with van der Waals surface area (Å²) >= 11 is 0.833. The Hall–Kier alpha value is -1.45. The molecule has 0 aromatic carbocycles. The highest BCUT2D eigenvalue weighted by atomic mass is 32.2. The van der Waals surface area contributed by atoms with Crippen LogP contribution in [0.5, 0.6) is 0 Å². The Morgan fingerprint density at radius 1 is 1.50 bits per heavy atom. The molecule has 1 rings (SSSR count). The van der Waals surface area contributed by atoms with Gasteiger partial charge in [-0.05, 0) is 19.4 Å². The van der Waals surface area contributed by atoms with E-state index in [0.717, 1.165) is 11.3 Å². The van der Waals surface area contributed by atoms with Gasteiger partial charge in [-0.25, -0.2) is 13.6 Å². The molecule has 1 aromatic heterocycles. The number of hydrogen-bond donors (Lipinski definition) is 2. The second-order valence-electron chi connectivity index (χ2n) is 4.28. The molecule has 1 atom stereocenters. The molecule has 0 radical (unpaired) electrons. The number of sulfonamides is 1. The van der Waals surface area contributed by atoms with Crippen LogP contribution in [-0.2, 0) is 14.8 Å². The van der Waals surface area contributed by atoms with Crippen LogP contribution in [0.2, 0.25) is 0 Å². The van der Waals surface area contributed by atoms with E-state index in [4.69, 9.17) is 10.2 Å². The topological polar surface area (TPSA) is 118 Å². The maximum atomic E-state index is 12.3. The van der Waals surface area contributed by atoms with E-state index in [-0.39, 0.29) is 15.8 Å². The fourth-order valence-corrected chi connectivity index (χ4v) is 3.12. The smallest absolute Gasteiger partial charge is 0.323 e. The van der Waals surface area contributed by atoms with Crippen LogP contribution in [0.4, 0.5) is 0 Å². The van der Waals surface area contributed by atoms with Crippen molar-refractivity contribution in [2.45, 2.75) is 30.5 Å². The first kappa shape index (κ1) is 16.6. The molecule has 0 bridgehead atoms. The fourth-order valence-electron chi connectivity index (χ4n) is 1.54. The van der Waals surface area contributed by atoms with E-state index < -0.39 is 28.4 Å². The molecule has 7 nitrogen and oxygen atoms in total. The fraction of sp³-hybridized carbons (Fsp3) is 0.455. The summed E-state index contributed by atoms with van der Waals surface area (Å²) < 4.78 is 22.2. The highest BCUT2D eigenvalue weighted by Crippen LogP contribution is 2.21. The monoisotopic (exact) mass is 320 g/mol. The zero-order valence-electron chi connectivity index (χ0n) is 11.1. The Morgan fingerprint density at radius 3 is 2.50 bits per heavy atom. The Balaban J connectivity index is 3.06. The summed E-state index contributed by atoms with van der Waals surface area (Å²) in [4.78, 5) is 24.3. The van der Waals surface area contributed by atoms with Gasteiger partial charge in [0.15, 0.2) is 0 Å². The third-order valence-electron chi connectivity index (χ3n) is 2.79. The van der Waals surface area contributed by atoms with E-state index in [1.165, 1.54) is 16.3 Å². The van der Waals surface area contributed by atoms with Crippen LogP contribution in [0.3, 0.4) is 0 Å². The molecule has 0 fully saturated rings. The van der Waals surface area contributed by atoms with Crippen LogP contribution in [0.1, 0.15) is 30.6 Å². The largest absolute Gasteiger partial charge is 0.480 e. The van der Waals surface area contributed by atoms with Crippen molar-refractivity contribution < 1.29 is 23.1 Å². The minimum Gasteiger partial charge on any atom is -0.480 e. The second kappa shape index (κ2) is 6.33. The molecule has 9 heteroatoms. The molecule has 0 saturated heterocycles. The van der Waals surface area contributed by atoms with Gasteiger partial charge in [0.05, 0.1) is 5.56 Å². The average molecular weight is 320 g/mol. The Morgan fingerprint density at radius 2 is 2.10 bits per heavy atom.